The van der Waals surface area contributed by atoms with Crippen molar-refractivity contribution in [3.63, 3.8) is 0 Å². The SMILES string of the molecule is Nc1c(F)cccc1S(=O)(=O)Nc1c(Br)cccc1Br. The Balaban J connectivity index is 2.50. The molecular formula is C12H9Br2FN2O2S. The fourth-order valence-corrected chi connectivity index (χ4v) is 4.24. The number of hydrogen-bond acceptors (Lipinski definition) is 3. The quantitative estimate of drug-likeness (QED) is 0.738. The third-order valence-electron chi connectivity index (χ3n) is 2.50. The molecule has 0 amide bonds. The minimum atomic E-state index is -3.99. The zero-order valence-corrected chi connectivity index (χ0v) is 13.9. The van der Waals surface area contributed by atoms with E-state index in [-0.39, 0.29) is 4.90 Å². The molecule has 2 aromatic carbocycles. The topological polar surface area (TPSA) is 72.2 Å². The monoisotopic (exact) mass is 422 g/mol. The van der Waals surface area contributed by atoms with E-state index >= 15 is 0 Å². The highest BCUT2D eigenvalue weighted by atomic mass is 79.9. The van der Waals surface area contributed by atoms with Crippen molar-refractivity contribution < 1.29 is 12.8 Å². The third kappa shape index (κ3) is 2.97. The van der Waals surface area contributed by atoms with Crippen molar-refractivity contribution >= 4 is 53.3 Å². The van der Waals surface area contributed by atoms with Gasteiger partial charge < -0.3 is 5.73 Å². The lowest BCUT2D eigenvalue weighted by molar-refractivity contribution is 0.597. The molecule has 0 aromatic heterocycles. The van der Waals surface area contributed by atoms with Crippen LogP contribution in [-0.4, -0.2) is 8.42 Å². The Kier molecular flexibility index (Phi) is 4.36. The Labute approximate surface area is 132 Å². The molecule has 0 spiro atoms. The van der Waals surface area contributed by atoms with Crippen LogP contribution in [0.4, 0.5) is 15.8 Å². The third-order valence-corrected chi connectivity index (χ3v) is 5.23. The molecule has 3 N–H and O–H groups in total. The highest BCUT2D eigenvalue weighted by Crippen LogP contribution is 2.33. The summed E-state index contributed by atoms with van der Waals surface area (Å²) < 4.78 is 41.4. The summed E-state index contributed by atoms with van der Waals surface area (Å²) in [4.78, 5) is -0.305. The minimum absolute atomic E-state index is 0.305. The van der Waals surface area contributed by atoms with Gasteiger partial charge in [-0.15, -0.1) is 0 Å². The average molecular weight is 424 g/mol. The number of halogens is 3. The molecule has 0 fully saturated rings. The second-order valence-corrected chi connectivity index (χ2v) is 7.21. The van der Waals surface area contributed by atoms with Crippen LogP contribution in [0.1, 0.15) is 0 Å². The van der Waals surface area contributed by atoms with Crippen LogP contribution < -0.4 is 10.5 Å². The summed E-state index contributed by atoms with van der Waals surface area (Å²) in [5.74, 6) is -0.779. The molecule has 0 aliphatic rings. The van der Waals surface area contributed by atoms with Gasteiger partial charge in [0.2, 0.25) is 0 Å². The maximum absolute atomic E-state index is 13.4. The lowest BCUT2D eigenvalue weighted by Gasteiger charge is -2.13. The number of nitrogens with two attached hydrogens (primary N) is 1. The molecule has 4 nitrogen and oxygen atoms in total. The maximum Gasteiger partial charge on any atom is 0.264 e. The van der Waals surface area contributed by atoms with Gasteiger partial charge >= 0.3 is 0 Å². The van der Waals surface area contributed by atoms with Gasteiger partial charge in [0.15, 0.2) is 0 Å². The average Bonchev–Trinajstić information content (AvgIpc) is 2.37. The fraction of sp³-hybridized carbons (Fsp3) is 0. The molecule has 20 heavy (non-hydrogen) atoms. The Morgan fingerprint density at radius 1 is 1.05 bits per heavy atom. The van der Waals surface area contributed by atoms with Crippen molar-refractivity contribution in [1.29, 1.82) is 0 Å². The Bertz CT molecular complexity index is 746. The summed E-state index contributed by atoms with van der Waals surface area (Å²) in [6, 6.07) is 8.72. The van der Waals surface area contributed by atoms with Crippen LogP contribution in [0.2, 0.25) is 0 Å². The van der Waals surface area contributed by atoms with Gasteiger partial charge in [-0.05, 0) is 56.1 Å². The van der Waals surface area contributed by atoms with E-state index in [4.69, 9.17) is 5.73 Å². The van der Waals surface area contributed by atoms with E-state index in [9.17, 15) is 12.8 Å². The summed E-state index contributed by atoms with van der Waals surface area (Å²) in [5.41, 5.74) is 5.38. The maximum atomic E-state index is 13.4. The van der Waals surface area contributed by atoms with Gasteiger partial charge in [0.1, 0.15) is 10.7 Å². The molecular weight excluding hydrogens is 415 g/mol. The van der Waals surface area contributed by atoms with Crippen LogP contribution in [0, 0.1) is 5.82 Å². The minimum Gasteiger partial charge on any atom is -0.395 e. The van der Waals surface area contributed by atoms with Crippen molar-refractivity contribution in [2.45, 2.75) is 4.90 Å². The Morgan fingerprint density at radius 2 is 1.60 bits per heavy atom. The first-order chi connectivity index (χ1) is 9.33. The smallest absolute Gasteiger partial charge is 0.264 e. The Morgan fingerprint density at radius 3 is 2.20 bits per heavy atom. The molecule has 0 aliphatic heterocycles. The van der Waals surface area contributed by atoms with Crippen molar-refractivity contribution in [1.82, 2.24) is 0 Å². The molecule has 2 aromatic rings. The van der Waals surface area contributed by atoms with Gasteiger partial charge in [-0.3, -0.25) is 4.72 Å². The molecule has 0 bridgehead atoms. The lowest BCUT2D eigenvalue weighted by Crippen LogP contribution is -2.16. The Hall–Kier alpha value is -1.12. The predicted molar refractivity (Wildman–Crippen MR) is 83.5 cm³/mol. The van der Waals surface area contributed by atoms with E-state index in [0.717, 1.165) is 6.07 Å². The second kappa shape index (κ2) is 5.71. The number of hydrogen-bond donors (Lipinski definition) is 2. The summed E-state index contributed by atoms with van der Waals surface area (Å²) in [6.45, 7) is 0. The van der Waals surface area contributed by atoms with Crippen LogP contribution in [-0.2, 0) is 10.0 Å². The molecule has 106 valence electrons. The number of para-hydroxylation sites is 2. The molecule has 8 heteroatoms. The van der Waals surface area contributed by atoms with E-state index in [2.05, 4.69) is 36.6 Å². The number of anilines is 2. The fourth-order valence-electron chi connectivity index (χ4n) is 1.54. The van der Waals surface area contributed by atoms with Crippen molar-refractivity contribution in [2.75, 3.05) is 10.5 Å². The van der Waals surface area contributed by atoms with Crippen LogP contribution in [0.15, 0.2) is 50.2 Å². The summed E-state index contributed by atoms with van der Waals surface area (Å²) >= 11 is 6.49. The number of benzene rings is 2. The highest BCUT2D eigenvalue weighted by Gasteiger charge is 2.21. The van der Waals surface area contributed by atoms with E-state index in [1.807, 2.05) is 0 Å². The van der Waals surface area contributed by atoms with Crippen LogP contribution in [0.5, 0.6) is 0 Å². The lowest BCUT2D eigenvalue weighted by atomic mass is 10.3. The molecule has 0 saturated heterocycles. The number of sulfonamides is 1. The van der Waals surface area contributed by atoms with Gasteiger partial charge in [-0.25, -0.2) is 12.8 Å². The largest absolute Gasteiger partial charge is 0.395 e. The zero-order valence-electron chi connectivity index (χ0n) is 9.90. The van der Waals surface area contributed by atoms with E-state index < -0.39 is 21.5 Å². The summed E-state index contributed by atoms with van der Waals surface area (Å²) in [7, 11) is -3.99. The van der Waals surface area contributed by atoms with E-state index in [1.54, 1.807) is 18.2 Å². The van der Waals surface area contributed by atoms with Crippen LogP contribution in [0.25, 0.3) is 0 Å². The number of nitrogens with one attached hydrogen (secondary N) is 1. The molecule has 0 aliphatic carbocycles. The van der Waals surface area contributed by atoms with Crippen molar-refractivity contribution in [3.05, 3.63) is 51.2 Å². The zero-order chi connectivity index (χ0) is 14.9. The molecule has 0 atom stereocenters. The first-order valence-electron chi connectivity index (χ1n) is 5.34. The molecule has 0 radical (unpaired) electrons. The molecule has 0 unspecified atom stereocenters. The van der Waals surface area contributed by atoms with Gasteiger partial charge in [-0.2, -0.15) is 0 Å². The molecule has 0 saturated carbocycles. The second-order valence-electron chi connectivity index (χ2n) is 3.85. The highest BCUT2D eigenvalue weighted by molar-refractivity contribution is 9.11. The molecule has 0 heterocycles. The van der Waals surface area contributed by atoms with Gasteiger partial charge in [0.05, 0.1) is 11.4 Å². The molecule has 2 rings (SSSR count). The first-order valence-corrected chi connectivity index (χ1v) is 8.40. The first kappa shape index (κ1) is 15.3. The van der Waals surface area contributed by atoms with Crippen LogP contribution in [0.3, 0.4) is 0 Å². The number of nitrogen functional groups attached to an aromatic ring is 1. The van der Waals surface area contributed by atoms with Crippen molar-refractivity contribution in [2.24, 2.45) is 0 Å². The predicted octanol–water partition coefficient (Wildman–Crippen LogP) is 3.73. The van der Waals surface area contributed by atoms with Gasteiger partial charge in [-0.1, -0.05) is 12.1 Å². The standard InChI is InChI=1S/C12H9Br2FN2O2S/c13-7-3-1-4-8(14)12(7)17-20(18,19)10-6-2-5-9(15)11(10)16/h1-6,17H,16H2. The number of rotatable bonds is 3. The van der Waals surface area contributed by atoms with E-state index in [0.29, 0.717) is 14.6 Å². The van der Waals surface area contributed by atoms with Gasteiger partial charge in [0, 0.05) is 8.95 Å². The van der Waals surface area contributed by atoms with Gasteiger partial charge in [0.25, 0.3) is 10.0 Å². The van der Waals surface area contributed by atoms with E-state index in [1.165, 1.54) is 12.1 Å². The summed E-state index contributed by atoms with van der Waals surface area (Å²) in [6.07, 6.45) is 0. The van der Waals surface area contributed by atoms with Crippen molar-refractivity contribution in [3.8, 4) is 0 Å². The van der Waals surface area contributed by atoms with Crippen LogP contribution >= 0.6 is 31.9 Å². The summed E-state index contributed by atoms with van der Waals surface area (Å²) in [5, 5.41) is 0. The normalized spacial score (nSPS) is 11.3.